The summed E-state index contributed by atoms with van der Waals surface area (Å²) in [4.78, 5) is 15.0. The normalized spacial score (nSPS) is 10.5. The first-order valence-corrected chi connectivity index (χ1v) is 7.01. The molecule has 0 aliphatic heterocycles. The van der Waals surface area contributed by atoms with E-state index in [-0.39, 0.29) is 5.56 Å². The SMILES string of the molecule is Cn1c(CNc2cccc(C(=O)O)c2)nnc1-c1ccncc1. The summed E-state index contributed by atoms with van der Waals surface area (Å²) in [5.41, 5.74) is 1.90. The maximum Gasteiger partial charge on any atom is 0.335 e. The molecule has 2 heterocycles. The van der Waals surface area contributed by atoms with Crippen molar-refractivity contribution < 1.29 is 9.90 Å². The number of carboxylic acid groups (broad SMARTS) is 1. The molecule has 1 aromatic carbocycles. The van der Waals surface area contributed by atoms with Crippen molar-refractivity contribution in [1.82, 2.24) is 19.7 Å². The van der Waals surface area contributed by atoms with Gasteiger partial charge in [0.2, 0.25) is 0 Å². The highest BCUT2D eigenvalue weighted by Crippen LogP contribution is 2.17. The van der Waals surface area contributed by atoms with Crippen LogP contribution in [-0.2, 0) is 13.6 Å². The molecular formula is C16H15N5O2. The fourth-order valence-corrected chi connectivity index (χ4v) is 2.21. The van der Waals surface area contributed by atoms with Crippen LogP contribution in [0.5, 0.6) is 0 Å². The van der Waals surface area contributed by atoms with Crippen LogP contribution in [0.3, 0.4) is 0 Å². The van der Waals surface area contributed by atoms with Crippen LogP contribution in [-0.4, -0.2) is 30.8 Å². The van der Waals surface area contributed by atoms with Crippen molar-refractivity contribution >= 4 is 11.7 Å². The lowest BCUT2D eigenvalue weighted by atomic mass is 10.2. The monoisotopic (exact) mass is 309 g/mol. The van der Waals surface area contributed by atoms with E-state index >= 15 is 0 Å². The highest BCUT2D eigenvalue weighted by atomic mass is 16.4. The van der Waals surface area contributed by atoms with Gasteiger partial charge in [-0.1, -0.05) is 6.07 Å². The van der Waals surface area contributed by atoms with Gasteiger partial charge in [-0.3, -0.25) is 4.98 Å². The molecule has 0 spiro atoms. The average molecular weight is 309 g/mol. The Morgan fingerprint density at radius 3 is 2.74 bits per heavy atom. The second-order valence-electron chi connectivity index (χ2n) is 4.97. The number of aromatic carboxylic acids is 1. The summed E-state index contributed by atoms with van der Waals surface area (Å²) in [7, 11) is 1.89. The Balaban J connectivity index is 1.76. The molecule has 0 aliphatic rings. The molecule has 0 amide bonds. The summed E-state index contributed by atoms with van der Waals surface area (Å²) in [5, 5.41) is 20.5. The average Bonchev–Trinajstić information content (AvgIpc) is 2.95. The zero-order valence-electron chi connectivity index (χ0n) is 12.5. The minimum absolute atomic E-state index is 0.241. The molecule has 0 fully saturated rings. The molecule has 0 saturated heterocycles. The van der Waals surface area contributed by atoms with E-state index in [4.69, 9.17) is 5.11 Å². The van der Waals surface area contributed by atoms with Crippen LogP contribution < -0.4 is 5.32 Å². The molecule has 7 heteroatoms. The number of rotatable bonds is 5. The third kappa shape index (κ3) is 3.18. The lowest BCUT2D eigenvalue weighted by Crippen LogP contribution is -2.07. The predicted octanol–water partition coefficient (Wildman–Crippen LogP) is 2.19. The Morgan fingerprint density at radius 2 is 2.00 bits per heavy atom. The first kappa shape index (κ1) is 14.7. The second-order valence-corrected chi connectivity index (χ2v) is 4.97. The standard InChI is InChI=1S/C16H15N5O2/c1-21-14(19-20-15(21)11-5-7-17-8-6-11)10-18-13-4-2-3-12(9-13)16(22)23/h2-9,18H,10H2,1H3,(H,22,23). The number of hydrogen-bond donors (Lipinski definition) is 2. The molecule has 0 aliphatic carbocycles. The maximum absolute atomic E-state index is 11.0. The zero-order valence-corrected chi connectivity index (χ0v) is 12.5. The minimum Gasteiger partial charge on any atom is -0.478 e. The fourth-order valence-electron chi connectivity index (χ4n) is 2.21. The molecule has 23 heavy (non-hydrogen) atoms. The van der Waals surface area contributed by atoms with Crippen molar-refractivity contribution in [2.75, 3.05) is 5.32 Å². The highest BCUT2D eigenvalue weighted by molar-refractivity contribution is 5.88. The van der Waals surface area contributed by atoms with Gasteiger partial charge in [-0.05, 0) is 30.3 Å². The first-order chi connectivity index (χ1) is 11.1. The van der Waals surface area contributed by atoms with Crippen LogP contribution in [0.25, 0.3) is 11.4 Å². The van der Waals surface area contributed by atoms with E-state index in [2.05, 4.69) is 20.5 Å². The van der Waals surface area contributed by atoms with Crippen molar-refractivity contribution in [3.8, 4) is 11.4 Å². The lowest BCUT2D eigenvalue weighted by molar-refractivity contribution is 0.0697. The van der Waals surface area contributed by atoms with Gasteiger partial charge in [-0.15, -0.1) is 10.2 Å². The van der Waals surface area contributed by atoms with E-state index < -0.39 is 5.97 Å². The van der Waals surface area contributed by atoms with Crippen LogP contribution in [0, 0.1) is 0 Å². The van der Waals surface area contributed by atoms with E-state index in [0.29, 0.717) is 6.54 Å². The topological polar surface area (TPSA) is 92.9 Å². The molecular weight excluding hydrogens is 294 g/mol. The fraction of sp³-hybridized carbons (Fsp3) is 0.125. The third-order valence-corrected chi connectivity index (χ3v) is 3.46. The summed E-state index contributed by atoms with van der Waals surface area (Å²) in [5.74, 6) is 0.549. The molecule has 2 N–H and O–H groups in total. The van der Waals surface area contributed by atoms with Crippen LogP contribution in [0.4, 0.5) is 5.69 Å². The second kappa shape index (κ2) is 6.27. The van der Waals surface area contributed by atoms with Gasteiger partial charge in [-0.25, -0.2) is 4.79 Å². The van der Waals surface area contributed by atoms with Gasteiger partial charge in [0.05, 0.1) is 12.1 Å². The van der Waals surface area contributed by atoms with Crippen LogP contribution in [0.15, 0.2) is 48.8 Å². The number of anilines is 1. The van der Waals surface area contributed by atoms with E-state index in [1.54, 1.807) is 30.6 Å². The summed E-state index contributed by atoms with van der Waals surface area (Å²) < 4.78 is 1.89. The Morgan fingerprint density at radius 1 is 1.22 bits per heavy atom. The summed E-state index contributed by atoms with van der Waals surface area (Å²) in [6.45, 7) is 0.442. The Kier molecular flexibility index (Phi) is 4.01. The van der Waals surface area contributed by atoms with Crippen LogP contribution in [0.2, 0.25) is 0 Å². The van der Waals surface area contributed by atoms with Crippen molar-refractivity contribution in [3.05, 3.63) is 60.2 Å². The molecule has 0 unspecified atom stereocenters. The number of benzene rings is 1. The van der Waals surface area contributed by atoms with Gasteiger partial charge in [0, 0.05) is 30.7 Å². The molecule has 0 bridgehead atoms. The van der Waals surface area contributed by atoms with E-state index in [9.17, 15) is 4.79 Å². The molecule has 0 atom stereocenters. The predicted molar refractivity (Wildman–Crippen MR) is 85.0 cm³/mol. The van der Waals surface area contributed by atoms with Gasteiger partial charge in [0.15, 0.2) is 11.6 Å². The number of carboxylic acids is 1. The summed E-state index contributed by atoms with van der Waals surface area (Å²) >= 11 is 0. The van der Waals surface area contributed by atoms with Crippen molar-refractivity contribution in [2.45, 2.75) is 6.54 Å². The van der Waals surface area contributed by atoms with Crippen LogP contribution >= 0.6 is 0 Å². The number of hydrogen-bond acceptors (Lipinski definition) is 5. The third-order valence-electron chi connectivity index (χ3n) is 3.46. The van der Waals surface area contributed by atoms with Crippen LogP contribution in [0.1, 0.15) is 16.2 Å². The minimum atomic E-state index is -0.952. The van der Waals surface area contributed by atoms with Gasteiger partial charge >= 0.3 is 5.97 Å². The molecule has 7 nitrogen and oxygen atoms in total. The van der Waals surface area contributed by atoms with Gasteiger partial charge < -0.3 is 15.0 Å². The summed E-state index contributed by atoms with van der Waals surface area (Å²) in [6.07, 6.45) is 3.42. The molecule has 116 valence electrons. The van der Waals surface area contributed by atoms with Gasteiger partial charge in [-0.2, -0.15) is 0 Å². The van der Waals surface area contributed by atoms with Crippen molar-refractivity contribution in [2.24, 2.45) is 7.05 Å². The highest BCUT2D eigenvalue weighted by Gasteiger charge is 2.10. The Hall–Kier alpha value is -3.22. The molecule has 2 aromatic heterocycles. The maximum atomic E-state index is 11.0. The summed E-state index contributed by atoms with van der Waals surface area (Å²) in [6, 6.07) is 10.4. The first-order valence-electron chi connectivity index (χ1n) is 7.01. The Labute approximate surface area is 132 Å². The smallest absolute Gasteiger partial charge is 0.335 e. The van der Waals surface area contributed by atoms with E-state index in [1.807, 2.05) is 29.8 Å². The van der Waals surface area contributed by atoms with Crippen molar-refractivity contribution in [3.63, 3.8) is 0 Å². The van der Waals surface area contributed by atoms with E-state index in [0.717, 1.165) is 22.9 Å². The Bertz CT molecular complexity index is 829. The number of pyridine rings is 1. The molecule has 0 radical (unpaired) electrons. The molecule has 3 aromatic rings. The largest absolute Gasteiger partial charge is 0.478 e. The number of nitrogens with one attached hydrogen (secondary N) is 1. The lowest BCUT2D eigenvalue weighted by Gasteiger charge is -2.07. The number of aromatic nitrogens is 4. The number of carbonyl (C=O) groups is 1. The molecule has 3 rings (SSSR count). The number of nitrogens with zero attached hydrogens (tertiary/aromatic N) is 4. The quantitative estimate of drug-likeness (QED) is 0.750. The van der Waals surface area contributed by atoms with E-state index in [1.165, 1.54) is 0 Å². The van der Waals surface area contributed by atoms with Gasteiger partial charge in [0.25, 0.3) is 0 Å². The molecule has 0 saturated carbocycles. The van der Waals surface area contributed by atoms with Gasteiger partial charge in [0.1, 0.15) is 0 Å². The zero-order chi connectivity index (χ0) is 16.2. The van der Waals surface area contributed by atoms with Crippen molar-refractivity contribution in [1.29, 1.82) is 0 Å².